The minimum Gasteiger partial charge on any atom is -0.387 e. The normalized spacial score (nSPS) is 11.6. The molecular formula is C22H15F4N3O. The highest BCUT2D eigenvalue weighted by atomic mass is 19.4. The average molecular weight is 413 g/mol. The maximum Gasteiger partial charge on any atom is 0.433 e. The minimum atomic E-state index is -4.67. The number of anilines is 1. The largest absolute Gasteiger partial charge is 0.433 e. The zero-order valence-corrected chi connectivity index (χ0v) is 15.7. The van der Waals surface area contributed by atoms with Crippen LogP contribution in [0.4, 0.5) is 23.2 Å². The van der Waals surface area contributed by atoms with Crippen LogP contribution in [0.15, 0.2) is 71.5 Å². The number of benzene rings is 2. The molecule has 0 spiro atoms. The lowest BCUT2D eigenvalue weighted by molar-refractivity contribution is -0.141. The third-order valence-corrected chi connectivity index (χ3v) is 4.71. The topological polar surface area (TPSA) is 46.9 Å². The molecule has 0 atom stereocenters. The van der Waals surface area contributed by atoms with E-state index in [9.17, 15) is 22.4 Å². The summed E-state index contributed by atoms with van der Waals surface area (Å²) in [6, 6.07) is 15.8. The molecule has 2 heterocycles. The number of fused-ring (bicyclic) bond motifs is 1. The molecule has 30 heavy (non-hydrogen) atoms. The van der Waals surface area contributed by atoms with Gasteiger partial charge >= 0.3 is 6.18 Å². The summed E-state index contributed by atoms with van der Waals surface area (Å²) in [5.41, 5.74) is -0.489. The van der Waals surface area contributed by atoms with Crippen molar-refractivity contribution in [1.82, 2.24) is 9.55 Å². The Morgan fingerprint density at radius 2 is 1.60 bits per heavy atom. The van der Waals surface area contributed by atoms with Crippen LogP contribution < -0.4 is 10.9 Å². The molecular weight excluding hydrogens is 398 g/mol. The number of halogens is 4. The van der Waals surface area contributed by atoms with E-state index in [1.54, 1.807) is 37.4 Å². The number of aromatic nitrogens is 2. The summed E-state index contributed by atoms with van der Waals surface area (Å²) in [6.45, 7) is 0. The van der Waals surface area contributed by atoms with Crippen molar-refractivity contribution < 1.29 is 17.6 Å². The summed E-state index contributed by atoms with van der Waals surface area (Å²) in [6.07, 6.45) is -4.67. The lowest BCUT2D eigenvalue weighted by Crippen LogP contribution is -2.24. The number of alkyl halides is 3. The molecule has 0 aliphatic heterocycles. The van der Waals surface area contributed by atoms with Crippen LogP contribution in [0, 0.1) is 5.82 Å². The Bertz CT molecular complexity index is 1280. The summed E-state index contributed by atoms with van der Waals surface area (Å²) in [5.74, 6) is -0.467. The fraction of sp³-hybridized carbons (Fsp3) is 0.0909. The van der Waals surface area contributed by atoms with Crippen molar-refractivity contribution in [2.75, 3.05) is 12.4 Å². The average Bonchev–Trinajstić information content (AvgIpc) is 2.73. The van der Waals surface area contributed by atoms with E-state index in [0.29, 0.717) is 22.3 Å². The quantitative estimate of drug-likeness (QED) is 0.467. The van der Waals surface area contributed by atoms with Gasteiger partial charge in [0, 0.05) is 12.4 Å². The summed E-state index contributed by atoms with van der Waals surface area (Å²) in [7, 11) is 1.56. The van der Waals surface area contributed by atoms with Crippen LogP contribution in [0.2, 0.25) is 0 Å². The number of nitrogens with zero attached hydrogens (tertiary/aromatic N) is 2. The number of hydrogen-bond donors (Lipinski definition) is 1. The first-order valence-electron chi connectivity index (χ1n) is 8.97. The number of para-hydroxylation sites is 1. The van der Waals surface area contributed by atoms with Crippen LogP contribution in [0.5, 0.6) is 0 Å². The number of rotatable bonds is 3. The third-order valence-electron chi connectivity index (χ3n) is 4.71. The Morgan fingerprint density at radius 3 is 2.20 bits per heavy atom. The smallest absolute Gasteiger partial charge is 0.387 e. The Morgan fingerprint density at radius 1 is 0.933 bits per heavy atom. The maximum atomic E-state index is 13.5. The van der Waals surface area contributed by atoms with Gasteiger partial charge < -0.3 is 5.32 Å². The van der Waals surface area contributed by atoms with Crippen molar-refractivity contribution >= 4 is 16.7 Å². The second-order valence-electron chi connectivity index (χ2n) is 6.55. The van der Waals surface area contributed by atoms with Crippen LogP contribution in [-0.4, -0.2) is 16.6 Å². The van der Waals surface area contributed by atoms with Gasteiger partial charge in [-0.1, -0.05) is 30.3 Å². The Hall–Kier alpha value is -3.68. The first kappa shape index (κ1) is 19.6. The van der Waals surface area contributed by atoms with Gasteiger partial charge in [0.2, 0.25) is 0 Å². The summed E-state index contributed by atoms with van der Waals surface area (Å²) >= 11 is 0. The van der Waals surface area contributed by atoms with Crippen molar-refractivity contribution in [3.63, 3.8) is 0 Å². The van der Waals surface area contributed by atoms with Crippen molar-refractivity contribution in [1.29, 1.82) is 0 Å². The highest BCUT2D eigenvalue weighted by molar-refractivity contribution is 5.98. The molecule has 4 nitrogen and oxygen atoms in total. The van der Waals surface area contributed by atoms with Gasteiger partial charge in [0.05, 0.1) is 16.9 Å². The molecule has 0 unspecified atom stereocenters. The molecule has 0 radical (unpaired) electrons. The maximum absolute atomic E-state index is 13.5. The molecule has 0 saturated heterocycles. The van der Waals surface area contributed by atoms with Crippen molar-refractivity contribution in [3.8, 4) is 16.8 Å². The van der Waals surface area contributed by atoms with Crippen LogP contribution in [-0.2, 0) is 6.18 Å². The monoisotopic (exact) mass is 413 g/mol. The van der Waals surface area contributed by atoms with Gasteiger partial charge in [-0.05, 0) is 42.0 Å². The Balaban J connectivity index is 2.18. The molecule has 152 valence electrons. The zero-order chi connectivity index (χ0) is 21.5. The predicted molar refractivity (Wildman–Crippen MR) is 107 cm³/mol. The summed E-state index contributed by atoms with van der Waals surface area (Å²) in [4.78, 5) is 17.3. The van der Waals surface area contributed by atoms with Crippen molar-refractivity contribution in [2.24, 2.45) is 0 Å². The zero-order valence-electron chi connectivity index (χ0n) is 15.7. The van der Waals surface area contributed by atoms with E-state index in [2.05, 4.69) is 10.3 Å². The molecule has 0 saturated carbocycles. The van der Waals surface area contributed by atoms with Crippen molar-refractivity contribution in [2.45, 2.75) is 6.18 Å². The van der Waals surface area contributed by atoms with Gasteiger partial charge in [0.25, 0.3) is 5.56 Å². The minimum absolute atomic E-state index is 0.128. The molecule has 0 aliphatic rings. The second-order valence-corrected chi connectivity index (χ2v) is 6.55. The fourth-order valence-electron chi connectivity index (χ4n) is 3.38. The van der Waals surface area contributed by atoms with Gasteiger partial charge in [-0.15, -0.1) is 0 Å². The van der Waals surface area contributed by atoms with Gasteiger partial charge in [-0.2, -0.15) is 13.2 Å². The lowest BCUT2D eigenvalue weighted by atomic mass is 10.0. The number of nitrogens with one attached hydrogen (secondary N) is 1. The lowest BCUT2D eigenvalue weighted by Gasteiger charge is -2.18. The van der Waals surface area contributed by atoms with Gasteiger partial charge in [-0.3, -0.25) is 9.36 Å². The summed E-state index contributed by atoms with van der Waals surface area (Å²) in [5, 5.41) is 3.23. The van der Waals surface area contributed by atoms with E-state index in [-0.39, 0.29) is 11.2 Å². The van der Waals surface area contributed by atoms with Crippen LogP contribution in [0.3, 0.4) is 0 Å². The molecule has 0 bridgehead atoms. The van der Waals surface area contributed by atoms with E-state index in [1.807, 2.05) is 0 Å². The van der Waals surface area contributed by atoms with Crippen molar-refractivity contribution in [3.05, 3.63) is 88.6 Å². The molecule has 2 aromatic heterocycles. The third kappa shape index (κ3) is 3.30. The first-order chi connectivity index (χ1) is 14.3. The van der Waals surface area contributed by atoms with E-state index in [1.165, 1.54) is 30.3 Å². The molecule has 1 N–H and O–H groups in total. The van der Waals surface area contributed by atoms with Crippen LogP contribution in [0.25, 0.3) is 27.8 Å². The summed E-state index contributed by atoms with van der Waals surface area (Å²) < 4.78 is 54.5. The molecule has 0 aliphatic carbocycles. The molecule has 0 fully saturated rings. The number of pyridine rings is 2. The number of hydrogen-bond acceptors (Lipinski definition) is 3. The Labute approximate surface area is 168 Å². The Kier molecular flexibility index (Phi) is 4.77. The van der Waals surface area contributed by atoms with Gasteiger partial charge in [0.1, 0.15) is 17.2 Å². The van der Waals surface area contributed by atoms with Gasteiger partial charge in [0.15, 0.2) is 0 Å². The highest BCUT2D eigenvalue weighted by Crippen LogP contribution is 2.35. The van der Waals surface area contributed by atoms with Gasteiger partial charge in [-0.25, -0.2) is 9.37 Å². The second kappa shape index (κ2) is 7.29. The van der Waals surface area contributed by atoms with Crippen LogP contribution in [0.1, 0.15) is 5.69 Å². The van der Waals surface area contributed by atoms with E-state index >= 15 is 0 Å². The molecule has 8 heteroatoms. The fourth-order valence-corrected chi connectivity index (χ4v) is 3.38. The SMILES string of the molecule is CNc1c(-c2ccc(F)cc2)c(=O)n(-c2ccccc2)c2nc(C(F)(F)F)ccc12. The molecule has 4 aromatic rings. The molecule has 0 amide bonds. The molecule has 4 rings (SSSR count). The van der Waals surface area contributed by atoms with Crippen LogP contribution >= 0.6 is 0 Å². The standard InChI is InChI=1S/C22H15F4N3O/c1-27-19-16-11-12-17(22(24,25)26)28-20(16)29(15-5-3-2-4-6-15)21(30)18(19)13-7-9-14(23)10-8-13/h2-12,27H,1H3. The highest BCUT2D eigenvalue weighted by Gasteiger charge is 2.33. The first-order valence-corrected chi connectivity index (χ1v) is 8.97. The predicted octanol–water partition coefficient (Wildman–Crippen LogP) is 5.25. The molecule has 2 aromatic carbocycles. The van der Waals surface area contributed by atoms with E-state index in [0.717, 1.165) is 10.6 Å². The van der Waals surface area contributed by atoms with E-state index < -0.39 is 23.2 Å². The van der Waals surface area contributed by atoms with E-state index in [4.69, 9.17) is 0 Å².